The van der Waals surface area contributed by atoms with Gasteiger partial charge in [-0.3, -0.25) is 9.69 Å². The Morgan fingerprint density at radius 1 is 0.872 bits per heavy atom. The van der Waals surface area contributed by atoms with Crippen LogP contribution < -0.4 is 14.2 Å². The van der Waals surface area contributed by atoms with Crippen molar-refractivity contribution in [1.82, 2.24) is 9.80 Å². The van der Waals surface area contributed by atoms with Crippen molar-refractivity contribution in [2.75, 3.05) is 48.6 Å². The second-order valence-corrected chi connectivity index (χ2v) is 9.38. The van der Waals surface area contributed by atoms with Crippen LogP contribution in [0.3, 0.4) is 0 Å². The van der Waals surface area contributed by atoms with Crippen LogP contribution in [-0.4, -0.2) is 64.7 Å². The largest absolute Gasteiger partial charge is 0.503 e. The van der Waals surface area contributed by atoms with Gasteiger partial charge in [0.05, 0.1) is 33.2 Å². The molecule has 0 aliphatic rings. The fraction of sp³-hybridized carbons (Fsp3) is 0.323. The van der Waals surface area contributed by atoms with E-state index >= 15 is 0 Å². The minimum atomic E-state index is -0.314. The van der Waals surface area contributed by atoms with Gasteiger partial charge < -0.3 is 23.8 Å². The summed E-state index contributed by atoms with van der Waals surface area (Å²) in [5, 5.41) is 0. The van der Waals surface area contributed by atoms with Gasteiger partial charge in [0.15, 0.2) is 6.29 Å². The number of aryl methyl sites for hydroxylation is 1. The fourth-order valence-corrected chi connectivity index (χ4v) is 4.34. The Morgan fingerprint density at radius 2 is 1.56 bits per heavy atom. The smallest absolute Gasteiger partial charge is 0.153 e. The molecule has 208 valence electrons. The molecule has 0 fully saturated rings. The first-order valence-corrected chi connectivity index (χ1v) is 12.6. The van der Waals surface area contributed by atoms with Gasteiger partial charge in [0.2, 0.25) is 0 Å². The highest BCUT2D eigenvalue weighted by Gasteiger charge is 2.17. The van der Waals surface area contributed by atoms with Crippen LogP contribution in [0, 0.1) is 12.7 Å². The van der Waals surface area contributed by atoms with Crippen LogP contribution in [0.2, 0.25) is 0 Å². The second-order valence-electron chi connectivity index (χ2n) is 9.38. The molecule has 0 unspecified atom stereocenters. The van der Waals surface area contributed by atoms with Gasteiger partial charge in [0, 0.05) is 44.5 Å². The Kier molecular flexibility index (Phi) is 10.8. The first-order valence-electron chi connectivity index (χ1n) is 12.6. The van der Waals surface area contributed by atoms with Gasteiger partial charge in [0.1, 0.15) is 29.7 Å². The highest BCUT2D eigenvalue weighted by atomic mass is 19.1. The van der Waals surface area contributed by atoms with Crippen LogP contribution in [0.15, 0.2) is 61.0 Å². The molecule has 3 aromatic rings. The molecule has 39 heavy (non-hydrogen) atoms. The number of methoxy groups -OCH3 is 3. The number of hydrogen-bond donors (Lipinski definition) is 0. The molecule has 0 atom stereocenters. The number of hydrogen-bond acceptors (Lipinski definition) is 7. The third-order valence-electron chi connectivity index (χ3n) is 6.25. The number of carbonyl (C=O) groups is 1. The molecule has 3 aromatic carbocycles. The Hall–Kier alpha value is -4.04. The molecule has 7 nitrogen and oxygen atoms in total. The van der Waals surface area contributed by atoms with E-state index in [0.29, 0.717) is 37.6 Å². The van der Waals surface area contributed by atoms with E-state index in [1.165, 1.54) is 12.1 Å². The predicted octanol–water partition coefficient (Wildman–Crippen LogP) is 5.69. The van der Waals surface area contributed by atoms with Crippen molar-refractivity contribution < 1.29 is 28.1 Å². The van der Waals surface area contributed by atoms with Crippen molar-refractivity contribution in [1.29, 1.82) is 0 Å². The standard InChI is InChI=1S/C31H37FN2O5/c1-22-13-26(32)7-8-29(22)30-17-23(19-33(2)9-11-36-4)14-25(21-35)31(30)39-12-10-34(3)20-24-15-27(37-5)18-28(16-24)38-6/h7-9,11,13-18,21H,10,12,19-20H2,1-6H3/b11-9-. The molecule has 0 saturated heterocycles. The van der Waals surface area contributed by atoms with Gasteiger partial charge in [-0.25, -0.2) is 4.39 Å². The molecule has 0 radical (unpaired) electrons. The minimum absolute atomic E-state index is 0.314. The Balaban J connectivity index is 1.85. The van der Waals surface area contributed by atoms with E-state index in [0.717, 1.165) is 45.6 Å². The normalized spacial score (nSPS) is 11.1. The number of likely N-dealkylation sites (N-methyl/N-ethyl adjacent to an activating group) is 1. The molecule has 0 saturated carbocycles. The summed E-state index contributed by atoms with van der Waals surface area (Å²) >= 11 is 0. The zero-order valence-electron chi connectivity index (χ0n) is 23.5. The summed E-state index contributed by atoms with van der Waals surface area (Å²) in [6, 6.07) is 14.2. The SMILES string of the molecule is CO/C=C\N(C)Cc1cc(C=O)c(OCCN(C)Cc2cc(OC)cc(OC)c2)c(-c2ccc(F)cc2C)c1. The van der Waals surface area contributed by atoms with E-state index in [1.54, 1.807) is 33.7 Å². The van der Waals surface area contributed by atoms with E-state index in [9.17, 15) is 9.18 Å². The van der Waals surface area contributed by atoms with Gasteiger partial charge in [-0.2, -0.15) is 0 Å². The molecule has 0 spiro atoms. The van der Waals surface area contributed by atoms with Crippen molar-refractivity contribution in [3.63, 3.8) is 0 Å². The molecule has 0 aliphatic heterocycles. The van der Waals surface area contributed by atoms with E-state index in [4.69, 9.17) is 18.9 Å². The third kappa shape index (κ3) is 8.22. The van der Waals surface area contributed by atoms with Crippen LogP contribution in [0.5, 0.6) is 17.2 Å². The third-order valence-corrected chi connectivity index (χ3v) is 6.25. The number of benzene rings is 3. The average molecular weight is 537 g/mol. The maximum atomic E-state index is 13.9. The summed E-state index contributed by atoms with van der Waals surface area (Å²) in [6.07, 6.45) is 4.20. The van der Waals surface area contributed by atoms with Crippen molar-refractivity contribution in [3.8, 4) is 28.4 Å². The molecular weight excluding hydrogens is 499 g/mol. The number of nitrogens with zero attached hydrogens (tertiary/aromatic N) is 2. The van der Waals surface area contributed by atoms with E-state index in [1.807, 2.05) is 62.5 Å². The van der Waals surface area contributed by atoms with Crippen LogP contribution >= 0.6 is 0 Å². The van der Waals surface area contributed by atoms with Gasteiger partial charge in [-0.15, -0.1) is 0 Å². The monoisotopic (exact) mass is 536 g/mol. The lowest BCUT2D eigenvalue weighted by Crippen LogP contribution is -2.24. The lowest BCUT2D eigenvalue weighted by atomic mass is 9.95. The summed E-state index contributed by atoms with van der Waals surface area (Å²) < 4.78 is 35.9. The van der Waals surface area contributed by atoms with Crippen molar-refractivity contribution in [2.45, 2.75) is 20.0 Å². The quantitative estimate of drug-likeness (QED) is 0.194. The van der Waals surface area contributed by atoms with Gasteiger partial charge in [0.25, 0.3) is 0 Å². The summed E-state index contributed by atoms with van der Waals surface area (Å²) in [4.78, 5) is 16.3. The molecule has 0 amide bonds. The lowest BCUT2D eigenvalue weighted by Gasteiger charge is -2.21. The first-order chi connectivity index (χ1) is 18.8. The molecule has 0 heterocycles. The molecule has 0 N–H and O–H groups in total. The average Bonchev–Trinajstić information content (AvgIpc) is 2.92. The Morgan fingerprint density at radius 3 is 2.18 bits per heavy atom. The summed E-state index contributed by atoms with van der Waals surface area (Å²) in [6.45, 7) is 4.00. The highest BCUT2D eigenvalue weighted by Crippen LogP contribution is 2.36. The summed E-state index contributed by atoms with van der Waals surface area (Å²) in [7, 11) is 8.74. The van der Waals surface area contributed by atoms with Crippen LogP contribution in [0.1, 0.15) is 27.0 Å². The van der Waals surface area contributed by atoms with E-state index in [2.05, 4.69) is 4.90 Å². The fourth-order valence-electron chi connectivity index (χ4n) is 4.34. The van der Waals surface area contributed by atoms with Gasteiger partial charge >= 0.3 is 0 Å². The number of rotatable bonds is 14. The number of halogens is 1. The zero-order chi connectivity index (χ0) is 28.4. The summed E-state index contributed by atoms with van der Waals surface area (Å²) in [5.74, 6) is 1.63. The van der Waals surface area contributed by atoms with Gasteiger partial charge in [-0.1, -0.05) is 6.07 Å². The van der Waals surface area contributed by atoms with Gasteiger partial charge in [-0.05, 0) is 72.6 Å². The van der Waals surface area contributed by atoms with E-state index in [-0.39, 0.29) is 5.82 Å². The molecule has 3 rings (SSSR count). The maximum absolute atomic E-state index is 13.9. The van der Waals surface area contributed by atoms with Crippen LogP contribution in [-0.2, 0) is 17.8 Å². The lowest BCUT2D eigenvalue weighted by molar-refractivity contribution is 0.111. The minimum Gasteiger partial charge on any atom is -0.503 e. The maximum Gasteiger partial charge on any atom is 0.153 e. The van der Waals surface area contributed by atoms with Crippen molar-refractivity contribution in [3.05, 3.63) is 89.1 Å². The topological polar surface area (TPSA) is 60.5 Å². The first kappa shape index (κ1) is 29.5. The Labute approximate surface area is 230 Å². The summed E-state index contributed by atoms with van der Waals surface area (Å²) in [5.41, 5.74) is 4.71. The van der Waals surface area contributed by atoms with Crippen molar-refractivity contribution >= 4 is 6.29 Å². The van der Waals surface area contributed by atoms with Crippen molar-refractivity contribution in [2.24, 2.45) is 0 Å². The Bertz CT molecular complexity index is 1270. The van der Waals surface area contributed by atoms with Crippen LogP contribution in [0.25, 0.3) is 11.1 Å². The highest BCUT2D eigenvalue weighted by molar-refractivity contribution is 5.87. The van der Waals surface area contributed by atoms with Crippen LogP contribution in [0.4, 0.5) is 4.39 Å². The molecule has 8 heteroatoms. The predicted molar refractivity (Wildman–Crippen MR) is 151 cm³/mol. The number of aldehydes is 1. The zero-order valence-corrected chi connectivity index (χ0v) is 23.5. The van der Waals surface area contributed by atoms with E-state index < -0.39 is 0 Å². The molecule has 0 bridgehead atoms. The number of carbonyl (C=O) groups excluding carboxylic acids is 1. The molecule has 0 aliphatic carbocycles. The molecule has 0 aromatic heterocycles. The second kappa shape index (κ2) is 14.2. The molecular formula is C31H37FN2O5. The number of ether oxygens (including phenoxy) is 4.